The maximum absolute atomic E-state index is 9.78. The van der Waals surface area contributed by atoms with Crippen molar-refractivity contribution in [2.75, 3.05) is 34.3 Å². The van der Waals surface area contributed by atoms with Gasteiger partial charge in [-0.05, 0) is 51.2 Å². The molecule has 1 aromatic rings. The molecule has 1 unspecified atom stereocenters. The minimum Gasteiger partial charge on any atom is -0.504 e. The van der Waals surface area contributed by atoms with Crippen molar-refractivity contribution in [3.63, 3.8) is 0 Å². The van der Waals surface area contributed by atoms with Gasteiger partial charge < -0.3 is 19.6 Å². The summed E-state index contributed by atoms with van der Waals surface area (Å²) in [7, 11) is 5.90. The van der Waals surface area contributed by atoms with E-state index >= 15 is 0 Å². The minimum atomic E-state index is 0.214. The number of phenolic OH excluding ortho intramolecular Hbond substituents is 1. The second-order valence-corrected chi connectivity index (χ2v) is 5.48. The average Bonchev–Trinajstić information content (AvgIpc) is 2.75. The quantitative estimate of drug-likeness (QED) is 0.881. The molecular formula is C15H24N2O2. The van der Waals surface area contributed by atoms with Crippen molar-refractivity contribution < 1.29 is 9.84 Å². The van der Waals surface area contributed by atoms with E-state index in [-0.39, 0.29) is 5.75 Å². The summed E-state index contributed by atoms with van der Waals surface area (Å²) >= 11 is 0. The van der Waals surface area contributed by atoms with Gasteiger partial charge in [0.1, 0.15) is 0 Å². The van der Waals surface area contributed by atoms with Gasteiger partial charge in [-0.1, -0.05) is 6.07 Å². The van der Waals surface area contributed by atoms with Crippen molar-refractivity contribution in [1.29, 1.82) is 0 Å². The highest BCUT2D eigenvalue weighted by atomic mass is 16.5. The number of benzene rings is 1. The molecule has 0 radical (unpaired) electrons. The summed E-state index contributed by atoms with van der Waals surface area (Å²) in [4.78, 5) is 4.75. The zero-order valence-corrected chi connectivity index (χ0v) is 12.1. The summed E-state index contributed by atoms with van der Waals surface area (Å²) in [5, 5.41) is 9.78. The van der Waals surface area contributed by atoms with E-state index in [0.29, 0.717) is 11.8 Å². The fourth-order valence-electron chi connectivity index (χ4n) is 2.78. The molecule has 1 saturated heterocycles. The topological polar surface area (TPSA) is 35.9 Å². The third-order valence-corrected chi connectivity index (χ3v) is 3.89. The van der Waals surface area contributed by atoms with Gasteiger partial charge in [-0.25, -0.2) is 0 Å². The maximum atomic E-state index is 9.78. The summed E-state index contributed by atoms with van der Waals surface area (Å²) in [6.07, 6.45) is 2.59. The first kappa shape index (κ1) is 14.2. The van der Waals surface area contributed by atoms with Crippen LogP contribution in [0.15, 0.2) is 18.2 Å². The second-order valence-electron chi connectivity index (χ2n) is 5.48. The number of nitrogens with zero attached hydrogens (tertiary/aromatic N) is 2. The van der Waals surface area contributed by atoms with Gasteiger partial charge in [-0.3, -0.25) is 0 Å². The van der Waals surface area contributed by atoms with E-state index < -0.39 is 0 Å². The molecular weight excluding hydrogens is 240 g/mol. The highest BCUT2D eigenvalue weighted by Crippen LogP contribution is 2.26. The molecule has 0 bridgehead atoms. The highest BCUT2D eigenvalue weighted by molar-refractivity contribution is 5.41. The normalized spacial score (nSPS) is 20.1. The van der Waals surface area contributed by atoms with Gasteiger partial charge in [0, 0.05) is 19.1 Å². The molecule has 19 heavy (non-hydrogen) atoms. The Morgan fingerprint density at radius 3 is 2.84 bits per heavy atom. The average molecular weight is 264 g/mol. The van der Waals surface area contributed by atoms with Gasteiger partial charge in [0.25, 0.3) is 0 Å². The van der Waals surface area contributed by atoms with Crippen LogP contribution in [0, 0.1) is 0 Å². The lowest BCUT2D eigenvalue weighted by molar-refractivity contribution is 0.215. The molecule has 0 aromatic heterocycles. The van der Waals surface area contributed by atoms with E-state index in [0.717, 1.165) is 18.7 Å². The van der Waals surface area contributed by atoms with E-state index in [1.54, 1.807) is 13.2 Å². The van der Waals surface area contributed by atoms with Crippen molar-refractivity contribution in [3.8, 4) is 11.5 Å². The standard InChI is InChI=1S/C15H24N2O2/c1-16(11-13-5-4-8-17(13)2)10-12-6-7-15(19-3)14(18)9-12/h6-7,9,13,18H,4-5,8,10-11H2,1-3H3. The number of methoxy groups -OCH3 is 1. The fraction of sp³-hybridized carbons (Fsp3) is 0.600. The third kappa shape index (κ3) is 3.61. The lowest BCUT2D eigenvalue weighted by Crippen LogP contribution is -2.36. The van der Waals surface area contributed by atoms with E-state index in [1.165, 1.54) is 19.4 Å². The SMILES string of the molecule is COc1ccc(CN(C)CC2CCCN2C)cc1O. The van der Waals surface area contributed by atoms with Gasteiger partial charge in [0.05, 0.1) is 7.11 Å². The number of aromatic hydroxyl groups is 1. The zero-order valence-electron chi connectivity index (χ0n) is 12.1. The molecule has 1 aromatic carbocycles. The van der Waals surface area contributed by atoms with Gasteiger partial charge in [-0.2, -0.15) is 0 Å². The number of phenols is 1. The summed E-state index contributed by atoms with van der Waals surface area (Å²) in [6, 6.07) is 6.28. The van der Waals surface area contributed by atoms with Gasteiger partial charge in [-0.15, -0.1) is 0 Å². The van der Waals surface area contributed by atoms with Gasteiger partial charge >= 0.3 is 0 Å². The zero-order chi connectivity index (χ0) is 13.8. The largest absolute Gasteiger partial charge is 0.504 e. The lowest BCUT2D eigenvalue weighted by atomic mass is 10.1. The molecule has 1 heterocycles. The van der Waals surface area contributed by atoms with E-state index in [1.807, 2.05) is 12.1 Å². The van der Waals surface area contributed by atoms with Crippen LogP contribution in [0.4, 0.5) is 0 Å². The molecule has 1 aliphatic heterocycles. The Hall–Kier alpha value is -1.26. The Kier molecular flexibility index (Phi) is 4.66. The van der Waals surface area contributed by atoms with Crippen LogP contribution in [-0.4, -0.2) is 55.2 Å². The van der Waals surface area contributed by atoms with Crippen LogP contribution >= 0.6 is 0 Å². The van der Waals surface area contributed by atoms with Crippen molar-refractivity contribution in [3.05, 3.63) is 23.8 Å². The van der Waals surface area contributed by atoms with Gasteiger partial charge in [0.15, 0.2) is 11.5 Å². The summed E-state index contributed by atoms with van der Waals surface area (Å²) < 4.78 is 5.06. The van der Waals surface area contributed by atoms with Crippen LogP contribution in [0.25, 0.3) is 0 Å². The Morgan fingerprint density at radius 1 is 1.47 bits per heavy atom. The Bertz CT molecular complexity index is 423. The second kappa shape index (κ2) is 6.26. The van der Waals surface area contributed by atoms with Crippen LogP contribution in [0.2, 0.25) is 0 Å². The smallest absolute Gasteiger partial charge is 0.160 e. The maximum Gasteiger partial charge on any atom is 0.160 e. The molecule has 4 heteroatoms. The molecule has 0 amide bonds. The van der Waals surface area contributed by atoms with Crippen LogP contribution in [0.1, 0.15) is 18.4 Å². The first-order valence-corrected chi connectivity index (χ1v) is 6.85. The summed E-state index contributed by atoms with van der Waals surface area (Å²) in [5.74, 6) is 0.744. The predicted octanol–water partition coefficient (Wildman–Crippen LogP) is 1.93. The summed E-state index contributed by atoms with van der Waals surface area (Å²) in [6.45, 7) is 3.13. The molecule has 106 valence electrons. The fourth-order valence-corrected chi connectivity index (χ4v) is 2.78. The van der Waals surface area contributed by atoms with Crippen LogP contribution < -0.4 is 4.74 Å². The van der Waals surface area contributed by atoms with Crippen molar-refractivity contribution in [1.82, 2.24) is 9.80 Å². The molecule has 1 fully saturated rings. The molecule has 2 rings (SSSR count). The van der Waals surface area contributed by atoms with E-state index in [4.69, 9.17) is 4.74 Å². The molecule has 1 atom stereocenters. The predicted molar refractivity (Wildman–Crippen MR) is 76.6 cm³/mol. The first-order valence-electron chi connectivity index (χ1n) is 6.85. The molecule has 0 spiro atoms. The number of hydrogen-bond donors (Lipinski definition) is 1. The molecule has 0 aliphatic carbocycles. The van der Waals surface area contributed by atoms with Crippen LogP contribution in [0.5, 0.6) is 11.5 Å². The van der Waals surface area contributed by atoms with Gasteiger partial charge in [0.2, 0.25) is 0 Å². The Balaban J connectivity index is 1.91. The van der Waals surface area contributed by atoms with Crippen molar-refractivity contribution in [2.24, 2.45) is 0 Å². The van der Waals surface area contributed by atoms with Crippen LogP contribution in [0.3, 0.4) is 0 Å². The summed E-state index contributed by atoms with van der Waals surface area (Å²) in [5.41, 5.74) is 1.11. The highest BCUT2D eigenvalue weighted by Gasteiger charge is 2.21. The lowest BCUT2D eigenvalue weighted by Gasteiger charge is -2.25. The van der Waals surface area contributed by atoms with E-state index in [2.05, 4.69) is 23.9 Å². The van der Waals surface area contributed by atoms with Crippen molar-refractivity contribution in [2.45, 2.75) is 25.4 Å². The first-order chi connectivity index (χ1) is 9.10. The third-order valence-electron chi connectivity index (χ3n) is 3.89. The molecule has 4 nitrogen and oxygen atoms in total. The minimum absolute atomic E-state index is 0.214. The number of likely N-dealkylation sites (N-methyl/N-ethyl adjacent to an activating group) is 2. The number of ether oxygens (including phenoxy) is 1. The number of hydrogen-bond acceptors (Lipinski definition) is 4. The van der Waals surface area contributed by atoms with Crippen molar-refractivity contribution >= 4 is 0 Å². The Labute approximate surface area is 115 Å². The Morgan fingerprint density at radius 2 is 2.26 bits per heavy atom. The van der Waals surface area contributed by atoms with E-state index in [9.17, 15) is 5.11 Å². The molecule has 1 N–H and O–H groups in total. The number of likely N-dealkylation sites (tertiary alicyclic amines) is 1. The monoisotopic (exact) mass is 264 g/mol. The van der Waals surface area contributed by atoms with Crippen LogP contribution in [-0.2, 0) is 6.54 Å². The molecule has 1 aliphatic rings. The molecule has 0 saturated carbocycles. The number of rotatable bonds is 5.